The summed E-state index contributed by atoms with van der Waals surface area (Å²) in [7, 11) is 1.58. The minimum atomic E-state index is -0.204. The lowest BCUT2D eigenvalue weighted by Crippen LogP contribution is -2.25. The maximum absolute atomic E-state index is 12.4. The lowest BCUT2D eigenvalue weighted by Gasteiger charge is -2.09. The molecule has 2 N–H and O–H groups in total. The number of aromatic nitrogens is 3. The normalized spacial score (nSPS) is 10.5. The number of carbonyl (C=O) groups excluding carboxylic acids is 2. The Balaban J connectivity index is 1.57. The van der Waals surface area contributed by atoms with Gasteiger partial charge in [0.15, 0.2) is 11.0 Å². The first-order valence-electron chi connectivity index (χ1n) is 9.53. The number of rotatable bonds is 9. The molecule has 0 aliphatic rings. The standard InChI is InChI=1S/C21H22BrN5O3S/c1-3-27-18(12-23-20(29)16-9-4-5-10-17(16)22)25-26-21(27)31-13-19(28)24-14-7-6-8-15(11-14)30-2/h4-11H,3,12-13H2,1-2H3,(H,23,29)(H,24,28). The summed E-state index contributed by atoms with van der Waals surface area (Å²) < 4.78 is 7.77. The molecule has 0 saturated heterocycles. The summed E-state index contributed by atoms with van der Waals surface area (Å²) in [6.07, 6.45) is 0. The molecular formula is C21H22BrN5O3S. The van der Waals surface area contributed by atoms with Crippen molar-refractivity contribution in [1.29, 1.82) is 0 Å². The molecule has 0 atom stereocenters. The van der Waals surface area contributed by atoms with Gasteiger partial charge >= 0.3 is 0 Å². The highest BCUT2D eigenvalue weighted by atomic mass is 79.9. The Bertz CT molecular complexity index is 1070. The summed E-state index contributed by atoms with van der Waals surface area (Å²) in [4.78, 5) is 24.7. The number of nitrogens with zero attached hydrogens (tertiary/aromatic N) is 3. The van der Waals surface area contributed by atoms with Gasteiger partial charge in [0.05, 0.1) is 25.0 Å². The number of ether oxygens (including phenoxy) is 1. The molecule has 1 aromatic heterocycles. The molecule has 2 amide bonds. The maximum Gasteiger partial charge on any atom is 0.252 e. The van der Waals surface area contributed by atoms with E-state index in [0.717, 1.165) is 4.47 Å². The monoisotopic (exact) mass is 503 g/mol. The van der Waals surface area contributed by atoms with E-state index >= 15 is 0 Å². The molecular weight excluding hydrogens is 482 g/mol. The molecule has 2 aromatic carbocycles. The molecule has 0 aliphatic heterocycles. The molecule has 0 fully saturated rings. The fraction of sp³-hybridized carbons (Fsp3) is 0.238. The van der Waals surface area contributed by atoms with Crippen LogP contribution in [-0.4, -0.2) is 39.4 Å². The average molecular weight is 504 g/mol. The fourth-order valence-corrected chi connectivity index (χ4v) is 4.09. The molecule has 0 spiro atoms. The zero-order valence-corrected chi connectivity index (χ0v) is 19.5. The van der Waals surface area contributed by atoms with Gasteiger partial charge in [-0.05, 0) is 47.1 Å². The predicted octanol–water partition coefficient (Wildman–Crippen LogP) is 3.73. The average Bonchev–Trinajstić information content (AvgIpc) is 3.18. The number of anilines is 1. The van der Waals surface area contributed by atoms with Gasteiger partial charge in [0.25, 0.3) is 5.91 Å². The van der Waals surface area contributed by atoms with E-state index in [9.17, 15) is 9.59 Å². The van der Waals surface area contributed by atoms with Gasteiger partial charge in [-0.1, -0.05) is 30.0 Å². The summed E-state index contributed by atoms with van der Waals surface area (Å²) in [5.41, 5.74) is 1.21. The van der Waals surface area contributed by atoms with Gasteiger partial charge in [-0.15, -0.1) is 10.2 Å². The highest BCUT2D eigenvalue weighted by molar-refractivity contribution is 9.10. The third kappa shape index (κ3) is 6.08. The molecule has 0 radical (unpaired) electrons. The minimum Gasteiger partial charge on any atom is -0.497 e. The second-order valence-electron chi connectivity index (χ2n) is 6.37. The number of carbonyl (C=O) groups is 2. The Labute approximate surface area is 192 Å². The van der Waals surface area contributed by atoms with Crippen LogP contribution < -0.4 is 15.4 Å². The highest BCUT2D eigenvalue weighted by Crippen LogP contribution is 2.20. The molecule has 162 valence electrons. The van der Waals surface area contributed by atoms with Gasteiger partial charge < -0.3 is 19.9 Å². The summed E-state index contributed by atoms with van der Waals surface area (Å²) in [5.74, 6) is 1.11. The predicted molar refractivity (Wildman–Crippen MR) is 123 cm³/mol. The van der Waals surface area contributed by atoms with Crippen molar-refractivity contribution in [3.05, 3.63) is 64.4 Å². The van der Waals surface area contributed by atoms with Crippen LogP contribution in [0.3, 0.4) is 0 Å². The zero-order chi connectivity index (χ0) is 22.2. The van der Waals surface area contributed by atoms with Crippen LogP contribution >= 0.6 is 27.7 Å². The molecule has 3 aromatic rings. The third-order valence-electron chi connectivity index (χ3n) is 4.32. The van der Waals surface area contributed by atoms with Gasteiger partial charge in [0, 0.05) is 22.8 Å². The fourth-order valence-electron chi connectivity index (χ4n) is 2.80. The van der Waals surface area contributed by atoms with Crippen molar-refractivity contribution in [1.82, 2.24) is 20.1 Å². The number of methoxy groups -OCH3 is 1. The molecule has 0 bridgehead atoms. The van der Waals surface area contributed by atoms with Gasteiger partial charge in [-0.3, -0.25) is 9.59 Å². The summed E-state index contributed by atoms with van der Waals surface area (Å²) >= 11 is 4.67. The lowest BCUT2D eigenvalue weighted by atomic mass is 10.2. The number of benzene rings is 2. The molecule has 10 heteroatoms. The molecule has 31 heavy (non-hydrogen) atoms. The van der Waals surface area contributed by atoms with Crippen molar-refractivity contribution in [3.8, 4) is 5.75 Å². The second-order valence-corrected chi connectivity index (χ2v) is 8.17. The van der Waals surface area contributed by atoms with Crippen LogP contribution in [0.25, 0.3) is 0 Å². The maximum atomic E-state index is 12.4. The third-order valence-corrected chi connectivity index (χ3v) is 5.98. The molecule has 0 unspecified atom stereocenters. The van der Waals surface area contributed by atoms with E-state index < -0.39 is 0 Å². The van der Waals surface area contributed by atoms with Crippen LogP contribution in [0.5, 0.6) is 5.75 Å². The van der Waals surface area contributed by atoms with Gasteiger partial charge in [-0.2, -0.15) is 0 Å². The van der Waals surface area contributed by atoms with E-state index in [0.29, 0.717) is 34.5 Å². The van der Waals surface area contributed by atoms with Crippen molar-refractivity contribution >= 4 is 45.2 Å². The smallest absolute Gasteiger partial charge is 0.252 e. The van der Waals surface area contributed by atoms with Crippen LogP contribution in [0.2, 0.25) is 0 Å². The van der Waals surface area contributed by atoms with Crippen LogP contribution in [-0.2, 0) is 17.9 Å². The number of nitrogens with one attached hydrogen (secondary N) is 2. The molecule has 1 heterocycles. The van der Waals surface area contributed by atoms with Gasteiger partial charge in [0.2, 0.25) is 5.91 Å². The number of amides is 2. The Hall–Kier alpha value is -2.85. The zero-order valence-electron chi connectivity index (χ0n) is 17.1. The lowest BCUT2D eigenvalue weighted by molar-refractivity contribution is -0.113. The molecule has 0 saturated carbocycles. The topological polar surface area (TPSA) is 98.1 Å². The van der Waals surface area contributed by atoms with Gasteiger partial charge in [-0.25, -0.2) is 0 Å². The van der Waals surface area contributed by atoms with Crippen LogP contribution in [0.15, 0.2) is 58.2 Å². The molecule has 3 rings (SSSR count). The van der Waals surface area contributed by atoms with Gasteiger partial charge in [0.1, 0.15) is 5.75 Å². The Morgan fingerprint density at radius 3 is 2.71 bits per heavy atom. The van der Waals surface area contributed by atoms with Crippen molar-refractivity contribution in [2.24, 2.45) is 0 Å². The first kappa shape index (κ1) is 22.8. The highest BCUT2D eigenvalue weighted by Gasteiger charge is 2.15. The summed E-state index contributed by atoms with van der Waals surface area (Å²) in [5, 5.41) is 14.7. The number of thioether (sulfide) groups is 1. The first-order chi connectivity index (χ1) is 15.0. The number of hydrogen-bond acceptors (Lipinski definition) is 6. The Morgan fingerprint density at radius 2 is 1.97 bits per heavy atom. The SMILES string of the molecule is CCn1c(CNC(=O)c2ccccc2Br)nnc1SCC(=O)Nc1cccc(OC)c1. The van der Waals surface area contributed by atoms with Crippen molar-refractivity contribution in [3.63, 3.8) is 0 Å². The molecule has 8 nitrogen and oxygen atoms in total. The van der Waals surface area contributed by atoms with Crippen LogP contribution in [0, 0.1) is 0 Å². The van der Waals surface area contributed by atoms with E-state index in [1.807, 2.05) is 35.8 Å². The van der Waals surface area contributed by atoms with E-state index in [-0.39, 0.29) is 24.1 Å². The van der Waals surface area contributed by atoms with E-state index in [2.05, 4.69) is 36.8 Å². The minimum absolute atomic E-state index is 0.160. The quantitative estimate of drug-likeness (QED) is 0.431. The summed E-state index contributed by atoms with van der Waals surface area (Å²) in [6.45, 7) is 2.81. The van der Waals surface area contributed by atoms with Crippen LogP contribution in [0.4, 0.5) is 5.69 Å². The van der Waals surface area contributed by atoms with Crippen molar-refractivity contribution in [2.75, 3.05) is 18.2 Å². The van der Waals surface area contributed by atoms with E-state index in [1.165, 1.54) is 11.8 Å². The van der Waals surface area contributed by atoms with E-state index in [4.69, 9.17) is 4.74 Å². The Kier molecular flexibility index (Phi) is 8.07. The number of halogens is 1. The Morgan fingerprint density at radius 1 is 1.16 bits per heavy atom. The largest absolute Gasteiger partial charge is 0.497 e. The molecule has 0 aliphatic carbocycles. The summed E-state index contributed by atoms with van der Waals surface area (Å²) in [6, 6.07) is 14.4. The number of hydrogen-bond donors (Lipinski definition) is 2. The van der Waals surface area contributed by atoms with Crippen LogP contribution in [0.1, 0.15) is 23.1 Å². The second kappa shape index (κ2) is 11.0. The first-order valence-corrected chi connectivity index (χ1v) is 11.3. The van der Waals surface area contributed by atoms with Crippen molar-refractivity contribution in [2.45, 2.75) is 25.2 Å². The van der Waals surface area contributed by atoms with Crippen molar-refractivity contribution < 1.29 is 14.3 Å². The van der Waals surface area contributed by atoms with E-state index in [1.54, 1.807) is 31.4 Å².